The molecule has 2 atom stereocenters. The molecule has 0 saturated heterocycles. The van der Waals surface area contributed by atoms with E-state index in [0.29, 0.717) is 12.2 Å². The summed E-state index contributed by atoms with van der Waals surface area (Å²) in [6.07, 6.45) is 0.649. The van der Waals surface area contributed by atoms with Gasteiger partial charge in [-0.1, -0.05) is 31.5 Å². The smallest absolute Gasteiger partial charge is 0.326 e. The Morgan fingerprint density at radius 1 is 1.52 bits per heavy atom. The Morgan fingerprint density at radius 3 is 2.86 bits per heavy atom. The van der Waals surface area contributed by atoms with Crippen molar-refractivity contribution in [2.45, 2.75) is 26.3 Å². The van der Waals surface area contributed by atoms with Crippen LogP contribution < -0.4 is 5.32 Å². The van der Waals surface area contributed by atoms with Crippen LogP contribution in [0.4, 0.5) is 0 Å². The number of nitrogens with zero attached hydrogens (tertiary/aromatic N) is 1. The molecule has 0 saturated carbocycles. The highest BCUT2D eigenvalue weighted by Crippen LogP contribution is 2.25. The van der Waals surface area contributed by atoms with Gasteiger partial charge >= 0.3 is 5.97 Å². The fourth-order valence-corrected chi connectivity index (χ4v) is 2.49. The molecule has 7 heteroatoms. The van der Waals surface area contributed by atoms with E-state index in [1.807, 2.05) is 24.4 Å². The summed E-state index contributed by atoms with van der Waals surface area (Å²) in [4.78, 5) is 24.1. The number of carbonyl (C=O) groups excluding carboxylic acids is 1. The molecule has 112 valence electrons. The molecule has 6 nitrogen and oxygen atoms in total. The van der Waals surface area contributed by atoms with Crippen molar-refractivity contribution in [2.75, 3.05) is 0 Å². The van der Waals surface area contributed by atoms with Crippen molar-refractivity contribution in [3.8, 4) is 10.6 Å². The van der Waals surface area contributed by atoms with E-state index in [-0.39, 0.29) is 11.6 Å². The summed E-state index contributed by atoms with van der Waals surface area (Å²) < 4.78 is 5.11. The summed E-state index contributed by atoms with van der Waals surface area (Å²) >= 11 is 1.47. The molecule has 21 heavy (non-hydrogen) atoms. The molecule has 2 rings (SSSR count). The van der Waals surface area contributed by atoms with Gasteiger partial charge < -0.3 is 14.9 Å². The Morgan fingerprint density at radius 2 is 2.29 bits per heavy atom. The van der Waals surface area contributed by atoms with E-state index in [4.69, 9.17) is 9.63 Å². The van der Waals surface area contributed by atoms with Crippen molar-refractivity contribution >= 4 is 23.2 Å². The van der Waals surface area contributed by atoms with Gasteiger partial charge in [0.15, 0.2) is 11.5 Å². The Bertz CT molecular complexity index is 621. The van der Waals surface area contributed by atoms with Crippen LogP contribution in [0.3, 0.4) is 0 Å². The summed E-state index contributed by atoms with van der Waals surface area (Å²) in [6, 6.07) is 4.29. The number of carboxylic acids is 1. The zero-order valence-corrected chi connectivity index (χ0v) is 12.5. The summed E-state index contributed by atoms with van der Waals surface area (Å²) in [5, 5.41) is 17.2. The third-order valence-electron chi connectivity index (χ3n) is 3.27. The normalized spacial score (nSPS) is 13.6. The van der Waals surface area contributed by atoms with E-state index in [1.165, 1.54) is 17.4 Å². The van der Waals surface area contributed by atoms with Crippen molar-refractivity contribution in [2.24, 2.45) is 5.92 Å². The first-order valence-electron chi connectivity index (χ1n) is 6.57. The number of amides is 1. The zero-order valence-electron chi connectivity index (χ0n) is 11.7. The SMILES string of the molecule is CCC(C)C(NC(=O)c1cc(-c2cccs2)on1)C(=O)O. The molecule has 0 aliphatic rings. The second-order valence-corrected chi connectivity index (χ2v) is 5.68. The van der Waals surface area contributed by atoms with Crippen molar-refractivity contribution < 1.29 is 19.2 Å². The second-order valence-electron chi connectivity index (χ2n) is 4.73. The third kappa shape index (κ3) is 3.49. The fourth-order valence-electron chi connectivity index (χ4n) is 1.82. The Labute approximate surface area is 125 Å². The molecular formula is C14H16N2O4S. The Hall–Kier alpha value is -2.15. The number of thiophene rings is 1. The number of hydrogen-bond acceptors (Lipinski definition) is 5. The maximum atomic E-state index is 12.1. The molecule has 0 bridgehead atoms. The van der Waals surface area contributed by atoms with Gasteiger partial charge in [0.1, 0.15) is 6.04 Å². The molecule has 1 amide bonds. The van der Waals surface area contributed by atoms with Crippen LogP contribution in [-0.2, 0) is 4.79 Å². The lowest BCUT2D eigenvalue weighted by atomic mass is 9.99. The third-order valence-corrected chi connectivity index (χ3v) is 4.16. The van der Waals surface area contributed by atoms with E-state index in [2.05, 4.69) is 10.5 Å². The molecule has 2 heterocycles. The molecular weight excluding hydrogens is 292 g/mol. The summed E-state index contributed by atoms with van der Waals surface area (Å²) in [5.74, 6) is -1.28. The number of aliphatic carboxylic acids is 1. The maximum Gasteiger partial charge on any atom is 0.326 e. The first kappa shape index (κ1) is 15.2. The first-order chi connectivity index (χ1) is 10.0. The van der Waals surface area contributed by atoms with Crippen LogP contribution in [0, 0.1) is 5.92 Å². The Balaban J connectivity index is 2.11. The minimum Gasteiger partial charge on any atom is -0.480 e. The highest BCUT2D eigenvalue weighted by molar-refractivity contribution is 7.13. The summed E-state index contributed by atoms with van der Waals surface area (Å²) in [7, 11) is 0. The molecule has 0 spiro atoms. The van der Waals surface area contributed by atoms with Gasteiger partial charge in [-0.3, -0.25) is 4.79 Å². The molecule has 0 aliphatic carbocycles. The van der Waals surface area contributed by atoms with Gasteiger partial charge in [0.25, 0.3) is 5.91 Å². The second kappa shape index (κ2) is 6.53. The van der Waals surface area contributed by atoms with Crippen molar-refractivity contribution in [1.29, 1.82) is 0 Å². The van der Waals surface area contributed by atoms with E-state index < -0.39 is 17.9 Å². The van der Waals surface area contributed by atoms with Crippen LogP contribution >= 0.6 is 11.3 Å². The topological polar surface area (TPSA) is 92.4 Å². The van der Waals surface area contributed by atoms with Crippen molar-refractivity contribution in [1.82, 2.24) is 10.5 Å². The van der Waals surface area contributed by atoms with E-state index in [1.54, 1.807) is 6.92 Å². The lowest BCUT2D eigenvalue weighted by Crippen LogP contribution is -2.45. The molecule has 2 N–H and O–H groups in total. The van der Waals surface area contributed by atoms with Gasteiger partial charge in [0.2, 0.25) is 0 Å². The maximum absolute atomic E-state index is 12.1. The van der Waals surface area contributed by atoms with E-state index in [9.17, 15) is 9.59 Å². The largest absolute Gasteiger partial charge is 0.480 e. The number of rotatable bonds is 6. The van der Waals surface area contributed by atoms with Crippen LogP contribution in [0.15, 0.2) is 28.1 Å². The van der Waals surface area contributed by atoms with Crippen LogP contribution in [0.25, 0.3) is 10.6 Å². The summed E-state index contributed by atoms with van der Waals surface area (Å²) in [6.45, 7) is 3.65. The van der Waals surface area contributed by atoms with Gasteiger partial charge in [-0.05, 0) is 17.4 Å². The summed E-state index contributed by atoms with van der Waals surface area (Å²) in [5.41, 5.74) is 0.0768. The monoisotopic (exact) mass is 308 g/mol. The average Bonchev–Trinajstić information content (AvgIpc) is 3.12. The van der Waals surface area contributed by atoms with Gasteiger partial charge in [-0.25, -0.2) is 4.79 Å². The number of carbonyl (C=O) groups is 2. The molecule has 2 aromatic heterocycles. The molecule has 2 unspecified atom stereocenters. The van der Waals surface area contributed by atoms with Crippen LogP contribution in [0.2, 0.25) is 0 Å². The number of carboxylic acid groups (broad SMARTS) is 1. The average molecular weight is 308 g/mol. The quantitative estimate of drug-likeness (QED) is 0.855. The predicted molar refractivity (Wildman–Crippen MR) is 78.2 cm³/mol. The molecule has 2 aromatic rings. The van der Waals surface area contributed by atoms with Crippen LogP contribution in [0.5, 0.6) is 0 Å². The van der Waals surface area contributed by atoms with Gasteiger partial charge in [-0.2, -0.15) is 0 Å². The molecule has 0 aliphatic heterocycles. The predicted octanol–water partition coefficient (Wildman–Crippen LogP) is 2.63. The first-order valence-corrected chi connectivity index (χ1v) is 7.45. The zero-order chi connectivity index (χ0) is 15.4. The standard InChI is InChI=1S/C14H16N2O4S/c1-3-8(2)12(14(18)19)15-13(17)9-7-10(20-16-9)11-5-4-6-21-11/h4-8,12H,3H2,1-2H3,(H,15,17)(H,18,19). The Kier molecular flexibility index (Phi) is 4.74. The van der Waals surface area contributed by atoms with E-state index in [0.717, 1.165) is 4.88 Å². The lowest BCUT2D eigenvalue weighted by Gasteiger charge is -2.19. The van der Waals surface area contributed by atoms with Gasteiger partial charge in [-0.15, -0.1) is 11.3 Å². The molecule has 0 radical (unpaired) electrons. The van der Waals surface area contributed by atoms with Gasteiger partial charge in [0.05, 0.1) is 4.88 Å². The minimum absolute atomic E-state index is 0.0768. The highest BCUT2D eigenvalue weighted by atomic mass is 32.1. The minimum atomic E-state index is -1.06. The van der Waals surface area contributed by atoms with Gasteiger partial charge in [0, 0.05) is 6.07 Å². The number of nitrogens with one attached hydrogen (secondary N) is 1. The van der Waals surface area contributed by atoms with Crippen LogP contribution in [0.1, 0.15) is 30.8 Å². The lowest BCUT2D eigenvalue weighted by molar-refractivity contribution is -0.140. The van der Waals surface area contributed by atoms with E-state index >= 15 is 0 Å². The van der Waals surface area contributed by atoms with Crippen molar-refractivity contribution in [3.63, 3.8) is 0 Å². The van der Waals surface area contributed by atoms with Crippen molar-refractivity contribution in [3.05, 3.63) is 29.3 Å². The van der Waals surface area contributed by atoms with Crippen LogP contribution in [-0.4, -0.2) is 28.2 Å². The number of aromatic nitrogens is 1. The molecule has 0 aromatic carbocycles. The molecule has 0 fully saturated rings. The number of hydrogen-bond donors (Lipinski definition) is 2. The highest BCUT2D eigenvalue weighted by Gasteiger charge is 2.27. The fraction of sp³-hybridized carbons (Fsp3) is 0.357.